The van der Waals surface area contributed by atoms with E-state index in [0.29, 0.717) is 17.5 Å². The van der Waals surface area contributed by atoms with Crippen LogP contribution in [0.1, 0.15) is 0 Å². The lowest BCUT2D eigenvalue weighted by Crippen LogP contribution is -2.00. The molecule has 0 amide bonds. The van der Waals surface area contributed by atoms with Gasteiger partial charge < -0.3 is 4.42 Å². The van der Waals surface area contributed by atoms with Crippen LogP contribution in [0.3, 0.4) is 0 Å². The van der Waals surface area contributed by atoms with Gasteiger partial charge in [0.25, 0.3) is 0 Å². The highest BCUT2D eigenvalue weighted by molar-refractivity contribution is 7.25. The van der Waals surface area contributed by atoms with Crippen molar-refractivity contribution < 1.29 is 4.42 Å². The van der Waals surface area contributed by atoms with Crippen molar-refractivity contribution in [3.63, 3.8) is 0 Å². The summed E-state index contributed by atoms with van der Waals surface area (Å²) in [4.78, 5) is 19.8. The van der Waals surface area contributed by atoms with Gasteiger partial charge in [-0.2, -0.15) is 0 Å². The van der Waals surface area contributed by atoms with Crippen LogP contribution >= 0.6 is 11.3 Å². The van der Waals surface area contributed by atoms with E-state index >= 15 is 0 Å². The number of thiophene rings is 1. The molecule has 4 aromatic heterocycles. The van der Waals surface area contributed by atoms with Gasteiger partial charge in [-0.25, -0.2) is 15.0 Å². The molecule has 0 radical (unpaired) electrons. The number of aromatic nitrogens is 4. The normalized spacial score (nSPS) is 11.6. The topological polar surface area (TPSA) is 64.7 Å². The summed E-state index contributed by atoms with van der Waals surface area (Å²) >= 11 is 1.83. The van der Waals surface area contributed by atoms with Gasteiger partial charge in [-0.1, -0.05) is 127 Å². The van der Waals surface area contributed by atoms with E-state index in [1.54, 1.807) is 0 Å². The molecule has 0 saturated carbocycles. The third kappa shape index (κ3) is 5.54. The lowest BCUT2D eigenvalue weighted by molar-refractivity contribution is 0.669. The molecule has 0 unspecified atom stereocenters. The van der Waals surface area contributed by atoms with Crippen LogP contribution in [0.2, 0.25) is 0 Å². The molecule has 0 spiro atoms. The molecule has 0 saturated heterocycles. The van der Waals surface area contributed by atoms with Gasteiger partial charge in [-0.3, -0.25) is 4.98 Å². The van der Waals surface area contributed by atoms with Crippen molar-refractivity contribution in [2.45, 2.75) is 0 Å². The highest BCUT2D eigenvalue weighted by Crippen LogP contribution is 2.42. The predicted octanol–water partition coefficient (Wildman–Crippen LogP) is 13.5. The Hall–Kier alpha value is -7.28. The largest absolute Gasteiger partial charge is 0.455 e. The van der Waals surface area contributed by atoms with Gasteiger partial charge in [-0.05, 0) is 70.8 Å². The van der Waals surface area contributed by atoms with Crippen molar-refractivity contribution in [1.29, 1.82) is 0 Å². The third-order valence-electron chi connectivity index (χ3n) is 10.4. The maximum atomic E-state index is 6.75. The Morgan fingerprint density at radius 1 is 0.393 bits per heavy atom. The number of rotatable bonds is 6. The number of furan rings is 1. The van der Waals surface area contributed by atoms with Crippen molar-refractivity contribution in [2.24, 2.45) is 0 Å². The van der Waals surface area contributed by atoms with E-state index < -0.39 is 0 Å². The first-order chi connectivity index (χ1) is 27.7. The maximum absolute atomic E-state index is 6.75. The molecule has 56 heavy (non-hydrogen) atoms. The number of pyridine rings is 1. The standard InChI is InChI=1S/C50H30N4OS/c1-2-11-33(12-3-1)48-52-49(36-14-8-13-34(29-36)31-22-24-32(25-23-31)42-19-6-7-28-51-42)54-50(53-48)40-18-9-17-39-46-37(16-10-20-43(46)55-47(39)40)35-26-27-45-41(30-35)38-15-4-5-21-44(38)56-45/h1-30H. The molecular formula is C50H30N4OS. The number of hydrogen-bond acceptors (Lipinski definition) is 6. The fraction of sp³-hybridized carbons (Fsp3) is 0. The van der Waals surface area contributed by atoms with E-state index in [2.05, 4.69) is 120 Å². The Morgan fingerprint density at radius 2 is 1.05 bits per heavy atom. The molecule has 0 bridgehead atoms. The number of benzene rings is 7. The van der Waals surface area contributed by atoms with Crippen molar-refractivity contribution >= 4 is 53.4 Å². The molecule has 0 aliphatic carbocycles. The van der Waals surface area contributed by atoms with Crippen molar-refractivity contribution in [3.05, 3.63) is 182 Å². The van der Waals surface area contributed by atoms with Gasteiger partial charge >= 0.3 is 0 Å². The SMILES string of the molecule is c1ccc(-c2nc(-c3cccc(-c4ccc(-c5ccccn5)cc4)c3)nc(-c3cccc4c3oc3cccc(-c5ccc6sc7ccccc7c6c5)c34)n2)cc1. The highest BCUT2D eigenvalue weighted by atomic mass is 32.1. The zero-order valence-electron chi connectivity index (χ0n) is 29.9. The van der Waals surface area contributed by atoms with Gasteiger partial charge in [0.1, 0.15) is 11.2 Å². The third-order valence-corrected chi connectivity index (χ3v) is 11.6. The Bertz CT molecular complexity index is 3240. The van der Waals surface area contributed by atoms with E-state index in [9.17, 15) is 0 Å². The molecule has 6 heteroatoms. The van der Waals surface area contributed by atoms with E-state index in [1.807, 2.05) is 78.2 Å². The molecule has 262 valence electrons. The van der Waals surface area contributed by atoms with Gasteiger partial charge in [0, 0.05) is 53.8 Å². The van der Waals surface area contributed by atoms with Crippen LogP contribution in [-0.4, -0.2) is 19.9 Å². The Balaban J connectivity index is 1.04. The van der Waals surface area contributed by atoms with Crippen LogP contribution in [0.5, 0.6) is 0 Å². The molecule has 0 fully saturated rings. The minimum absolute atomic E-state index is 0.552. The summed E-state index contributed by atoms with van der Waals surface area (Å²) in [6.45, 7) is 0. The number of hydrogen-bond donors (Lipinski definition) is 0. The van der Waals surface area contributed by atoms with Crippen molar-refractivity contribution in [2.75, 3.05) is 0 Å². The zero-order chi connectivity index (χ0) is 37.0. The van der Waals surface area contributed by atoms with Crippen molar-refractivity contribution in [3.8, 4) is 67.7 Å². The predicted molar refractivity (Wildman–Crippen MR) is 230 cm³/mol. The molecule has 11 rings (SSSR count). The summed E-state index contributed by atoms with van der Waals surface area (Å²) in [5.41, 5.74) is 10.6. The van der Waals surface area contributed by atoms with Crippen LogP contribution in [0.15, 0.2) is 187 Å². The van der Waals surface area contributed by atoms with Crippen LogP contribution in [0.25, 0.3) is 110 Å². The molecule has 4 heterocycles. The Morgan fingerprint density at radius 3 is 1.93 bits per heavy atom. The zero-order valence-corrected chi connectivity index (χ0v) is 30.7. The van der Waals surface area contributed by atoms with Gasteiger partial charge in [-0.15, -0.1) is 11.3 Å². The maximum Gasteiger partial charge on any atom is 0.167 e. The average Bonchev–Trinajstić information content (AvgIpc) is 3.85. The first kappa shape index (κ1) is 32.2. The molecule has 5 nitrogen and oxygen atoms in total. The average molecular weight is 735 g/mol. The minimum atomic E-state index is 0.552. The molecule has 7 aromatic carbocycles. The molecule has 0 aliphatic rings. The summed E-state index contributed by atoms with van der Waals surface area (Å²) in [5.74, 6) is 1.74. The van der Waals surface area contributed by atoms with Crippen LogP contribution in [0, 0.1) is 0 Å². The summed E-state index contributed by atoms with van der Waals surface area (Å²) in [6, 6.07) is 60.9. The minimum Gasteiger partial charge on any atom is -0.455 e. The highest BCUT2D eigenvalue weighted by Gasteiger charge is 2.20. The number of nitrogens with zero attached hydrogens (tertiary/aromatic N) is 4. The van der Waals surface area contributed by atoms with E-state index in [-0.39, 0.29) is 0 Å². The van der Waals surface area contributed by atoms with E-state index in [0.717, 1.165) is 72.1 Å². The monoisotopic (exact) mass is 734 g/mol. The second kappa shape index (κ2) is 13.2. The van der Waals surface area contributed by atoms with Gasteiger partial charge in [0.05, 0.1) is 11.3 Å². The molecule has 0 aliphatic heterocycles. The van der Waals surface area contributed by atoms with Crippen LogP contribution in [-0.2, 0) is 0 Å². The summed E-state index contributed by atoms with van der Waals surface area (Å²) in [7, 11) is 0. The number of fused-ring (bicyclic) bond motifs is 6. The molecule has 0 N–H and O–H groups in total. The van der Waals surface area contributed by atoms with E-state index in [4.69, 9.17) is 19.4 Å². The van der Waals surface area contributed by atoms with E-state index in [1.165, 1.54) is 20.2 Å². The Kier molecular flexibility index (Phi) is 7.60. The van der Waals surface area contributed by atoms with Gasteiger partial charge in [0.2, 0.25) is 0 Å². The lowest BCUT2D eigenvalue weighted by atomic mass is 9.97. The second-order valence-electron chi connectivity index (χ2n) is 13.8. The molecular weight excluding hydrogens is 705 g/mol. The first-order valence-electron chi connectivity index (χ1n) is 18.5. The quantitative estimate of drug-likeness (QED) is 0.170. The summed E-state index contributed by atoms with van der Waals surface area (Å²) in [6.07, 6.45) is 1.82. The first-order valence-corrected chi connectivity index (χ1v) is 19.4. The van der Waals surface area contributed by atoms with Gasteiger partial charge in [0.15, 0.2) is 17.5 Å². The number of para-hydroxylation sites is 1. The summed E-state index contributed by atoms with van der Waals surface area (Å²) in [5, 5.41) is 4.64. The van der Waals surface area contributed by atoms with Crippen LogP contribution < -0.4 is 0 Å². The smallest absolute Gasteiger partial charge is 0.167 e. The van der Waals surface area contributed by atoms with Crippen molar-refractivity contribution in [1.82, 2.24) is 19.9 Å². The second-order valence-corrected chi connectivity index (χ2v) is 14.9. The van der Waals surface area contributed by atoms with Crippen LogP contribution in [0.4, 0.5) is 0 Å². The molecule has 11 aromatic rings. The fourth-order valence-electron chi connectivity index (χ4n) is 7.70. The summed E-state index contributed by atoms with van der Waals surface area (Å²) < 4.78 is 9.33. The fourth-order valence-corrected chi connectivity index (χ4v) is 8.79. The lowest BCUT2D eigenvalue weighted by Gasteiger charge is -2.10. The molecule has 0 atom stereocenters. The Labute approximate surface area is 326 Å².